The van der Waals surface area contributed by atoms with Crippen molar-refractivity contribution in [1.82, 2.24) is 5.32 Å². The van der Waals surface area contributed by atoms with Crippen molar-refractivity contribution >= 4 is 12.4 Å². The van der Waals surface area contributed by atoms with Crippen LogP contribution in [0.5, 0.6) is 0 Å². The quantitative estimate of drug-likeness (QED) is 0.664. The lowest BCUT2D eigenvalue weighted by Gasteiger charge is -2.22. The fourth-order valence-corrected chi connectivity index (χ4v) is 1.19. The molecular weight excluding hydrogens is 150 g/mol. The summed E-state index contributed by atoms with van der Waals surface area (Å²) in [5, 5.41) is 3.36. The molecule has 0 aromatic heterocycles. The number of rotatable bonds is 2. The fourth-order valence-electron chi connectivity index (χ4n) is 1.19. The van der Waals surface area contributed by atoms with Crippen LogP contribution in [0.4, 0.5) is 0 Å². The second-order valence-electron chi connectivity index (χ2n) is 2.47. The standard InChI is InChI=1S/C7H15NO.ClH/c1-2-8-7-4-3-5-9-6-7;/h7-8H,2-6H2,1H3;1H/t7-;/m0./s1. The predicted octanol–water partition coefficient (Wildman–Crippen LogP) is 1.20. The van der Waals surface area contributed by atoms with E-state index in [1.807, 2.05) is 0 Å². The summed E-state index contributed by atoms with van der Waals surface area (Å²) in [6.07, 6.45) is 2.51. The summed E-state index contributed by atoms with van der Waals surface area (Å²) in [7, 11) is 0. The van der Waals surface area contributed by atoms with Gasteiger partial charge >= 0.3 is 0 Å². The van der Waals surface area contributed by atoms with Gasteiger partial charge in [0.15, 0.2) is 0 Å². The number of likely N-dealkylation sites (N-methyl/N-ethyl adjacent to an activating group) is 1. The van der Waals surface area contributed by atoms with Crippen LogP contribution in [0.1, 0.15) is 19.8 Å². The molecule has 1 heterocycles. The molecule has 1 aliphatic heterocycles. The second kappa shape index (κ2) is 5.96. The monoisotopic (exact) mass is 165 g/mol. The lowest BCUT2D eigenvalue weighted by atomic mass is 10.1. The largest absolute Gasteiger partial charge is 0.380 e. The number of hydrogen-bond acceptors (Lipinski definition) is 2. The van der Waals surface area contributed by atoms with E-state index in [2.05, 4.69) is 12.2 Å². The summed E-state index contributed by atoms with van der Waals surface area (Å²) < 4.78 is 5.27. The first-order valence-electron chi connectivity index (χ1n) is 3.74. The number of ether oxygens (including phenoxy) is 1. The summed E-state index contributed by atoms with van der Waals surface area (Å²) in [6, 6.07) is 0.628. The molecule has 62 valence electrons. The van der Waals surface area contributed by atoms with Gasteiger partial charge in [-0.2, -0.15) is 0 Å². The summed E-state index contributed by atoms with van der Waals surface area (Å²) in [5.74, 6) is 0. The molecule has 0 spiro atoms. The summed E-state index contributed by atoms with van der Waals surface area (Å²) in [6.45, 7) is 5.07. The SMILES string of the molecule is CCN[C@H]1CCCOC1.Cl. The van der Waals surface area contributed by atoms with E-state index in [0.29, 0.717) is 6.04 Å². The average Bonchev–Trinajstić information content (AvgIpc) is 1.91. The summed E-state index contributed by atoms with van der Waals surface area (Å²) in [5.41, 5.74) is 0. The molecule has 1 N–H and O–H groups in total. The maximum atomic E-state index is 5.27. The highest BCUT2D eigenvalue weighted by Crippen LogP contribution is 2.04. The minimum Gasteiger partial charge on any atom is -0.380 e. The summed E-state index contributed by atoms with van der Waals surface area (Å²) >= 11 is 0. The van der Waals surface area contributed by atoms with Gasteiger partial charge in [0.2, 0.25) is 0 Å². The Labute approximate surface area is 68.7 Å². The second-order valence-corrected chi connectivity index (χ2v) is 2.47. The smallest absolute Gasteiger partial charge is 0.0619 e. The lowest BCUT2D eigenvalue weighted by molar-refractivity contribution is 0.0711. The molecule has 1 saturated heterocycles. The van der Waals surface area contributed by atoms with E-state index in [4.69, 9.17) is 4.74 Å². The van der Waals surface area contributed by atoms with Crippen molar-refractivity contribution in [1.29, 1.82) is 0 Å². The molecule has 1 fully saturated rings. The van der Waals surface area contributed by atoms with Crippen LogP contribution in [0.25, 0.3) is 0 Å². The highest BCUT2D eigenvalue weighted by atomic mass is 35.5. The first-order chi connectivity index (χ1) is 4.43. The molecular formula is C7H16ClNO. The van der Waals surface area contributed by atoms with Crippen LogP contribution >= 0.6 is 12.4 Å². The van der Waals surface area contributed by atoms with Crippen molar-refractivity contribution in [3.8, 4) is 0 Å². The van der Waals surface area contributed by atoms with E-state index in [1.54, 1.807) is 0 Å². The molecule has 0 saturated carbocycles. The van der Waals surface area contributed by atoms with E-state index in [1.165, 1.54) is 12.8 Å². The van der Waals surface area contributed by atoms with Gasteiger partial charge < -0.3 is 10.1 Å². The third kappa shape index (κ3) is 3.40. The van der Waals surface area contributed by atoms with Crippen LogP contribution in [-0.4, -0.2) is 25.8 Å². The Balaban J connectivity index is 0.000000810. The van der Waals surface area contributed by atoms with Gasteiger partial charge in [0, 0.05) is 12.6 Å². The van der Waals surface area contributed by atoms with Crippen LogP contribution < -0.4 is 5.32 Å². The first-order valence-corrected chi connectivity index (χ1v) is 3.74. The van der Waals surface area contributed by atoms with Gasteiger partial charge in [0.25, 0.3) is 0 Å². The van der Waals surface area contributed by atoms with Gasteiger partial charge in [-0.1, -0.05) is 6.92 Å². The molecule has 10 heavy (non-hydrogen) atoms. The maximum absolute atomic E-state index is 5.27. The third-order valence-electron chi connectivity index (χ3n) is 1.65. The van der Waals surface area contributed by atoms with E-state index >= 15 is 0 Å². The van der Waals surface area contributed by atoms with Crippen LogP contribution in [0.3, 0.4) is 0 Å². The molecule has 1 rings (SSSR count). The van der Waals surface area contributed by atoms with Crippen LogP contribution in [-0.2, 0) is 4.74 Å². The Kier molecular flexibility index (Phi) is 6.08. The molecule has 0 aromatic rings. The Bertz CT molecular complexity index is 71.3. The molecule has 0 radical (unpaired) electrons. The van der Waals surface area contributed by atoms with Gasteiger partial charge in [-0.3, -0.25) is 0 Å². The highest BCUT2D eigenvalue weighted by Gasteiger charge is 2.10. The Morgan fingerprint density at radius 2 is 2.40 bits per heavy atom. The molecule has 2 nitrogen and oxygen atoms in total. The number of hydrogen-bond donors (Lipinski definition) is 1. The van der Waals surface area contributed by atoms with Crippen molar-refractivity contribution in [3.63, 3.8) is 0 Å². The Morgan fingerprint density at radius 1 is 1.60 bits per heavy atom. The average molecular weight is 166 g/mol. The zero-order chi connectivity index (χ0) is 6.53. The molecule has 3 heteroatoms. The van der Waals surface area contributed by atoms with Gasteiger partial charge in [0.05, 0.1) is 6.61 Å². The maximum Gasteiger partial charge on any atom is 0.0619 e. The van der Waals surface area contributed by atoms with E-state index in [-0.39, 0.29) is 12.4 Å². The van der Waals surface area contributed by atoms with E-state index < -0.39 is 0 Å². The molecule has 0 aromatic carbocycles. The molecule has 0 aliphatic carbocycles. The van der Waals surface area contributed by atoms with E-state index in [0.717, 1.165) is 19.8 Å². The van der Waals surface area contributed by atoms with Crippen molar-refractivity contribution < 1.29 is 4.74 Å². The Hall–Kier alpha value is 0.210. The molecule has 1 aliphatic rings. The van der Waals surface area contributed by atoms with Gasteiger partial charge in [-0.25, -0.2) is 0 Å². The molecule has 1 atom stereocenters. The van der Waals surface area contributed by atoms with Gasteiger partial charge in [0.1, 0.15) is 0 Å². The zero-order valence-corrected chi connectivity index (χ0v) is 7.25. The number of nitrogens with one attached hydrogen (secondary N) is 1. The zero-order valence-electron chi connectivity index (χ0n) is 6.43. The van der Waals surface area contributed by atoms with Crippen molar-refractivity contribution in [2.24, 2.45) is 0 Å². The van der Waals surface area contributed by atoms with Crippen molar-refractivity contribution in [3.05, 3.63) is 0 Å². The van der Waals surface area contributed by atoms with E-state index in [9.17, 15) is 0 Å². The Morgan fingerprint density at radius 3 is 2.90 bits per heavy atom. The predicted molar refractivity (Wildman–Crippen MR) is 44.8 cm³/mol. The lowest BCUT2D eigenvalue weighted by Crippen LogP contribution is -2.36. The number of halogens is 1. The third-order valence-corrected chi connectivity index (χ3v) is 1.65. The van der Waals surface area contributed by atoms with Crippen molar-refractivity contribution in [2.45, 2.75) is 25.8 Å². The van der Waals surface area contributed by atoms with Gasteiger partial charge in [-0.05, 0) is 19.4 Å². The van der Waals surface area contributed by atoms with Crippen LogP contribution in [0.2, 0.25) is 0 Å². The van der Waals surface area contributed by atoms with Crippen LogP contribution in [0.15, 0.2) is 0 Å². The summed E-state index contributed by atoms with van der Waals surface area (Å²) in [4.78, 5) is 0. The molecule has 0 amide bonds. The van der Waals surface area contributed by atoms with Gasteiger partial charge in [-0.15, -0.1) is 12.4 Å². The first kappa shape index (κ1) is 10.2. The highest BCUT2D eigenvalue weighted by molar-refractivity contribution is 5.85. The van der Waals surface area contributed by atoms with Crippen LogP contribution in [0, 0.1) is 0 Å². The minimum atomic E-state index is 0. The molecule has 0 bridgehead atoms. The fraction of sp³-hybridized carbons (Fsp3) is 1.00. The van der Waals surface area contributed by atoms with Crippen molar-refractivity contribution in [2.75, 3.05) is 19.8 Å². The minimum absolute atomic E-state index is 0. The normalized spacial score (nSPS) is 25.5. The topological polar surface area (TPSA) is 21.3 Å². The molecule has 0 unspecified atom stereocenters.